The number of nitrogens with one attached hydrogen (secondary N) is 1. The number of carbonyl (C=O) groups is 1. The Morgan fingerprint density at radius 1 is 1.07 bits per heavy atom. The highest BCUT2D eigenvalue weighted by Crippen LogP contribution is 2.30. The molecule has 1 aliphatic heterocycles. The van der Waals surface area contributed by atoms with Gasteiger partial charge in [-0.2, -0.15) is 18.3 Å². The van der Waals surface area contributed by atoms with Gasteiger partial charge in [-0.05, 0) is 67.8 Å². The summed E-state index contributed by atoms with van der Waals surface area (Å²) in [5, 5.41) is 7.13. The number of hydrogen-bond acceptors (Lipinski definition) is 5. The first-order valence-corrected chi connectivity index (χ1v) is 13.2. The summed E-state index contributed by atoms with van der Waals surface area (Å²) in [5.41, 5.74) is 4.10. The van der Waals surface area contributed by atoms with Crippen LogP contribution in [-0.2, 0) is 7.05 Å². The van der Waals surface area contributed by atoms with Crippen LogP contribution in [0.1, 0.15) is 56.6 Å². The first-order valence-electron chi connectivity index (χ1n) is 13.2. The molecule has 4 rings (SSSR count). The van der Waals surface area contributed by atoms with E-state index >= 15 is 0 Å². The lowest BCUT2D eigenvalue weighted by Gasteiger charge is -2.25. The topological polar surface area (TPSA) is 62.6 Å². The van der Waals surface area contributed by atoms with E-state index < -0.39 is 18.8 Å². The smallest absolute Gasteiger partial charge is 0.422 e. The summed E-state index contributed by atoms with van der Waals surface area (Å²) in [4.78, 5) is 17.3. The number of benzene rings is 2. The minimum atomic E-state index is -4.47. The van der Waals surface area contributed by atoms with Gasteiger partial charge in [0.15, 0.2) is 6.61 Å². The number of ether oxygens (including phenoxy) is 1. The van der Waals surface area contributed by atoms with Crippen LogP contribution >= 0.6 is 0 Å². The summed E-state index contributed by atoms with van der Waals surface area (Å²) in [6.45, 7) is 9.13. The van der Waals surface area contributed by atoms with E-state index in [1.807, 2.05) is 79.6 Å². The van der Waals surface area contributed by atoms with Crippen molar-refractivity contribution in [2.75, 3.05) is 18.1 Å². The number of alkyl halides is 3. The van der Waals surface area contributed by atoms with Crippen LogP contribution in [0.15, 0.2) is 73.6 Å². The highest BCUT2D eigenvalue weighted by atomic mass is 19.4. The Morgan fingerprint density at radius 2 is 1.77 bits per heavy atom. The molecule has 1 atom stereocenters. The molecular weight excluding hydrogens is 519 g/mol. The Morgan fingerprint density at radius 3 is 2.38 bits per heavy atom. The van der Waals surface area contributed by atoms with Crippen LogP contribution in [0, 0.1) is 6.92 Å². The SMILES string of the molecule is CC.CCN1C=CN(c2ccc(C)c(C(=O)N[C@H](C)c3cc(OCC(F)(F)F)cc(-c4cnn(C)c4)c3)c2)C=C1.[HH]. The highest BCUT2D eigenvalue weighted by molar-refractivity contribution is 5.97. The fraction of sp³-hybridized carbons (Fsp3) is 0.333. The molecule has 1 N–H and O–H groups in total. The lowest BCUT2D eigenvalue weighted by Crippen LogP contribution is -2.28. The van der Waals surface area contributed by atoms with Gasteiger partial charge in [-0.15, -0.1) is 0 Å². The van der Waals surface area contributed by atoms with Gasteiger partial charge in [-0.25, -0.2) is 0 Å². The molecule has 216 valence electrons. The molecule has 0 unspecified atom stereocenters. The Labute approximate surface area is 235 Å². The van der Waals surface area contributed by atoms with Gasteiger partial charge >= 0.3 is 6.18 Å². The Kier molecular flexibility index (Phi) is 10.0. The number of nitrogens with zero attached hydrogens (tertiary/aromatic N) is 4. The third-order valence-electron chi connectivity index (χ3n) is 6.18. The van der Waals surface area contributed by atoms with Crippen LogP contribution in [-0.4, -0.2) is 39.9 Å². The molecule has 2 aromatic carbocycles. The molecule has 0 radical (unpaired) electrons. The van der Waals surface area contributed by atoms with E-state index in [0.717, 1.165) is 23.4 Å². The van der Waals surface area contributed by atoms with Gasteiger partial charge in [-0.3, -0.25) is 9.48 Å². The van der Waals surface area contributed by atoms with E-state index in [1.165, 1.54) is 12.1 Å². The molecule has 1 aromatic heterocycles. The van der Waals surface area contributed by atoms with Crippen LogP contribution in [0.5, 0.6) is 5.75 Å². The number of amides is 1. The van der Waals surface area contributed by atoms with Crippen LogP contribution in [0.4, 0.5) is 18.9 Å². The first-order chi connectivity index (χ1) is 19.0. The van der Waals surface area contributed by atoms with Gasteiger partial charge in [0.2, 0.25) is 0 Å². The summed E-state index contributed by atoms with van der Waals surface area (Å²) >= 11 is 0. The van der Waals surface area contributed by atoms with Crippen molar-refractivity contribution in [2.45, 2.75) is 46.8 Å². The zero-order valence-electron chi connectivity index (χ0n) is 23.7. The molecule has 7 nitrogen and oxygen atoms in total. The van der Waals surface area contributed by atoms with Gasteiger partial charge in [0.05, 0.1) is 12.2 Å². The van der Waals surface area contributed by atoms with Crippen LogP contribution in [0.25, 0.3) is 11.1 Å². The van der Waals surface area contributed by atoms with Crippen molar-refractivity contribution in [3.63, 3.8) is 0 Å². The number of rotatable bonds is 8. The second-order valence-electron chi connectivity index (χ2n) is 9.13. The number of aromatic nitrogens is 2. The van der Waals surface area contributed by atoms with E-state index in [2.05, 4.69) is 17.3 Å². The van der Waals surface area contributed by atoms with Crippen molar-refractivity contribution in [2.24, 2.45) is 7.05 Å². The van der Waals surface area contributed by atoms with E-state index in [4.69, 9.17) is 4.74 Å². The summed E-state index contributed by atoms with van der Waals surface area (Å²) in [6, 6.07) is 9.99. The average Bonchev–Trinajstić information content (AvgIpc) is 3.39. The summed E-state index contributed by atoms with van der Waals surface area (Å²) < 4.78 is 45.1. The van der Waals surface area contributed by atoms with Crippen molar-refractivity contribution in [3.05, 3.63) is 90.3 Å². The minimum Gasteiger partial charge on any atom is -0.484 e. The molecule has 1 aliphatic rings. The third-order valence-corrected chi connectivity index (χ3v) is 6.18. The maximum atomic E-state index is 13.3. The molecule has 40 heavy (non-hydrogen) atoms. The quantitative estimate of drug-likeness (QED) is 0.318. The van der Waals surface area contributed by atoms with Crippen molar-refractivity contribution in [3.8, 4) is 16.9 Å². The number of anilines is 1. The molecule has 0 aliphatic carbocycles. The van der Waals surface area contributed by atoms with Crippen LogP contribution in [0.3, 0.4) is 0 Å². The number of carbonyl (C=O) groups excluding carboxylic acids is 1. The molecule has 1 amide bonds. The molecule has 0 fully saturated rings. The predicted octanol–water partition coefficient (Wildman–Crippen LogP) is 7.18. The Bertz CT molecular complexity index is 1360. The second kappa shape index (κ2) is 13.2. The molecule has 10 heteroatoms. The summed E-state index contributed by atoms with van der Waals surface area (Å²) in [5.74, 6) is -0.232. The Balaban J connectivity index is 0.00000192. The van der Waals surface area contributed by atoms with Gasteiger partial charge in [0, 0.05) is 62.8 Å². The van der Waals surface area contributed by atoms with E-state index in [0.29, 0.717) is 16.7 Å². The number of aryl methyl sites for hydroxylation is 2. The molecule has 0 spiro atoms. The third kappa shape index (κ3) is 7.91. The predicted molar refractivity (Wildman–Crippen MR) is 154 cm³/mol. The molecule has 2 heterocycles. The maximum absolute atomic E-state index is 13.3. The number of halogens is 3. The van der Waals surface area contributed by atoms with Crippen molar-refractivity contribution in [1.82, 2.24) is 20.0 Å². The highest BCUT2D eigenvalue weighted by Gasteiger charge is 2.28. The zero-order valence-corrected chi connectivity index (χ0v) is 23.7. The fourth-order valence-corrected chi connectivity index (χ4v) is 4.03. The minimum absolute atomic E-state index is 0. The fourth-order valence-electron chi connectivity index (χ4n) is 4.03. The van der Waals surface area contributed by atoms with E-state index in [9.17, 15) is 18.0 Å². The summed E-state index contributed by atoms with van der Waals surface area (Å²) in [6.07, 6.45) is 6.66. The maximum Gasteiger partial charge on any atom is 0.422 e. The monoisotopic (exact) mass is 557 g/mol. The first kappa shape index (κ1) is 30.3. The van der Waals surface area contributed by atoms with Crippen molar-refractivity contribution >= 4 is 11.6 Å². The van der Waals surface area contributed by atoms with Gasteiger partial charge < -0.3 is 19.9 Å². The van der Waals surface area contributed by atoms with E-state index in [1.54, 1.807) is 31.0 Å². The van der Waals surface area contributed by atoms with Gasteiger partial charge in [0.25, 0.3) is 5.91 Å². The molecule has 0 bridgehead atoms. The number of hydrogen-bond donors (Lipinski definition) is 1. The van der Waals surface area contributed by atoms with Crippen LogP contribution in [0.2, 0.25) is 0 Å². The normalized spacial score (nSPS) is 13.5. The largest absolute Gasteiger partial charge is 0.484 e. The standard InChI is InChI=1S/C28H30F3N5O2.C2H6.H2/c1-5-35-8-10-36(11-9-35)24-7-6-19(2)26(15-24)27(37)33-20(3)21-12-22(23-16-32-34(4)17-23)14-25(13-21)38-18-28(29,30)31;1-2;/h6-17,20H,5,18H2,1-4H3,(H,33,37);1-2H3;1H/t20-;;/m1../s1. The molecular formula is C30H38F3N5O2. The van der Waals surface area contributed by atoms with Crippen molar-refractivity contribution in [1.29, 1.82) is 0 Å². The lowest BCUT2D eigenvalue weighted by atomic mass is 10.0. The Hall–Kier alpha value is -4.21. The second-order valence-corrected chi connectivity index (χ2v) is 9.13. The van der Waals surface area contributed by atoms with Gasteiger partial charge in [0.1, 0.15) is 5.75 Å². The molecule has 0 saturated heterocycles. The zero-order chi connectivity index (χ0) is 29.4. The van der Waals surface area contributed by atoms with Crippen molar-refractivity contribution < 1.29 is 24.1 Å². The van der Waals surface area contributed by atoms with E-state index in [-0.39, 0.29) is 13.1 Å². The van der Waals surface area contributed by atoms with Gasteiger partial charge in [-0.1, -0.05) is 19.9 Å². The summed E-state index contributed by atoms with van der Waals surface area (Å²) in [7, 11) is 1.75. The molecule has 3 aromatic rings. The lowest BCUT2D eigenvalue weighted by molar-refractivity contribution is -0.153. The average molecular weight is 558 g/mol. The van der Waals surface area contributed by atoms with Crippen LogP contribution < -0.4 is 15.0 Å². The molecule has 0 saturated carbocycles.